The van der Waals surface area contributed by atoms with Crippen molar-refractivity contribution in [3.8, 4) is 0 Å². The van der Waals surface area contributed by atoms with E-state index in [0.29, 0.717) is 12.0 Å². The summed E-state index contributed by atoms with van der Waals surface area (Å²) < 4.78 is 0. The summed E-state index contributed by atoms with van der Waals surface area (Å²) in [4.78, 5) is 6.68. The van der Waals surface area contributed by atoms with Crippen molar-refractivity contribution < 1.29 is 0 Å². The molecule has 0 aromatic carbocycles. The Balaban J connectivity index is 2.18. The number of pyridine rings is 1. The van der Waals surface area contributed by atoms with Gasteiger partial charge in [0.1, 0.15) is 5.82 Å². The van der Waals surface area contributed by atoms with Crippen molar-refractivity contribution in [1.82, 2.24) is 4.98 Å². The molecule has 15 heavy (non-hydrogen) atoms. The first-order chi connectivity index (χ1) is 7.16. The van der Waals surface area contributed by atoms with Crippen LogP contribution in [0.2, 0.25) is 0 Å². The highest BCUT2D eigenvalue weighted by molar-refractivity contribution is 5.43. The molecule has 1 atom stereocenters. The summed E-state index contributed by atoms with van der Waals surface area (Å²) in [5, 5.41) is 0. The van der Waals surface area contributed by atoms with Crippen molar-refractivity contribution in [2.45, 2.75) is 32.2 Å². The van der Waals surface area contributed by atoms with Gasteiger partial charge in [0.15, 0.2) is 0 Å². The van der Waals surface area contributed by atoms with Crippen LogP contribution in [0, 0.1) is 0 Å². The maximum atomic E-state index is 5.89. The van der Waals surface area contributed by atoms with Gasteiger partial charge in [-0.3, -0.25) is 0 Å². The third kappa shape index (κ3) is 2.29. The second kappa shape index (κ2) is 4.19. The molecule has 0 saturated carbocycles. The van der Waals surface area contributed by atoms with Crippen molar-refractivity contribution in [2.75, 3.05) is 18.0 Å². The van der Waals surface area contributed by atoms with Crippen molar-refractivity contribution in [3.63, 3.8) is 0 Å². The number of aromatic nitrogens is 1. The first-order valence-corrected chi connectivity index (χ1v) is 5.63. The Morgan fingerprint density at radius 1 is 1.53 bits per heavy atom. The molecular formula is C12H19N3. The van der Waals surface area contributed by atoms with Crippen LogP contribution in [-0.2, 0) is 0 Å². The number of nitrogens with two attached hydrogens (primary N) is 1. The first kappa shape index (κ1) is 10.4. The predicted octanol–water partition coefficient (Wildman–Crippen LogP) is 1.74. The van der Waals surface area contributed by atoms with E-state index in [9.17, 15) is 0 Å². The minimum absolute atomic E-state index is 0.314. The van der Waals surface area contributed by atoms with Crippen LogP contribution in [-0.4, -0.2) is 24.1 Å². The van der Waals surface area contributed by atoms with Crippen molar-refractivity contribution in [3.05, 3.63) is 23.9 Å². The molecule has 1 unspecified atom stereocenters. The third-order valence-corrected chi connectivity index (χ3v) is 2.98. The molecule has 1 aliphatic heterocycles. The number of rotatable bonds is 2. The zero-order valence-corrected chi connectivity index (χ0v) is 9.48. The summed E-state index contributed by atoms with van der Waals surface area (Å²) in [6.45, 7) is 6.38. The summed E-state index contributed by atoms with van der Waals surface area (Å²) in [6.07, 6.45) is 2.97. The van der Waals surface area contributed by atoms with Crippen LogP contribution in [0.3, 0.4) is 0 Å². The molecule has 1 aromatic heterocycles. The van der Waals surface area contributed by atoms with E-state index in [-0.39, 0.29) is 0 Å². The number of anilines is 1. The molecule has 1 fully saturated rings. The quantitative estimate of drug-likeness (QED) is 0.799. The van der Waals surface area contributed by atoms with Gasteiger partial charge in [0, 0.05) is 25.3 Å². The fourth-order valence-corrected chi connectivity index (χ4v) is 1.96. The molecule has 2 heterocycles. The van der Waals surface area contributed by atoms with Crippen LogP contribution < -0.4 is 10.6 Å². The maximum absolute atomic E-state index is 5.89. The van der Waals surface area contributed by atoms with E-state index >= 15 is 0 Å². The van der Waals surface area contributed by atoms with Gasteiger partial charge in [0.05, 0.1) is 0 Å². The predicted molar refractivity (Wildman–Crippen MR) is 63.1 cm³/mol. The smallest absolute Gasteiger partial charge is 0.128 e. The highest BCUT2D eigenvalue weighted by Gasteiger charge is 2.20. The molecule has 2 rings (SSSR count). The summed E-state index contributed by atoms with van der Waals surface area (Å²) in [6, 6.07) is 4.59. The Morgan fingerprint density at radius 3 is 2.93 bits per heavy atom. The Kier molecular flexibility index (Phi) is 2.91. The molecule has 0 amide bonds. The van der Waals surface area contributed by atoms with Crippen molar-refractivity contribution in [2.24, 2.45) is 5.73 Å². The number of hydrogen-bond acceptors (Lipinski definition) is 3. The summed E-state index contributed by atoms with van der Waals surface area (Å²) >= 11 is 0. The van der Waals surface area contributed by atoms with Crippen molar-refractivity contribution in [1.29, 1.82) is 0 Å². The Bertz CT molecular complexity index is 335. The van der Waals surface area contributed by atoms with E-state index in [1.54, 1.807) is 0 Å². The number of nitrogens with zero attached hydrogens (tertiary/aromatic N) is 2. The molecule has 0 aliphatic carbocycles. The molecule has 3 nitrogen and oxygen atoms in total. The van der Waals surface area contributed by atoms with E-state index in [4.69, 9.17) is 5.73 Å². The topological polar surface area (TPSA) is 42.2 Å². The molecule has 2 N–H and O–H groups in total. The van der Waals surface area contributed by atoms with Gasteiger partial charge < -0.3 is 10.6 Å². The largest absolute Gasteiger partial charge is 0.355 e. The van der Waals surface area contributed by atoms with E-state index in [2.05, 4.69) is 35.9 Å². The van der Waals surface area contributed by atoms with Crippen LogP contribution in [0.1, 0.15) is 31.7 Å². The fraction of sp³-hybridized carbons (Fsp3) is 0.583. The molecule has 1 saturated heterocycles. The van der Waals surface area contributed by atoms with Crippen LogP contribution in [0.15, 0.2) is 18.3 Å². The number of hydrogen-bond donors (Lipinski definition) is 1. The van der Waals surface area contributed by atoms with Crippen molar-refractivity contribution >= 4 is 5.82 Å². The summed E-state index contributed by atoms with van der Waals surface area (Å²) in [5.41, 5.74) is 7.24. The van der Waals surface area contributed by atoms with Gasteiger partial charge in [-0.05, 0) is 30.0 Å². The highest BCUT2D eigenvalue weighted by Crippen LogP contribution is 2.21. The molecule has 1 aromatic rings. The minimum atomic E-state index is 0.314. The minimum Gasteiger partial charge on any atom is -0.355 e. The normalized spacial score (nSPS) is 21.3. The molecule has 3 heteroatoms. The first-order valence-electron chi connectivity index (χ1n) is 5.63. The monoisotopic (exact) mass is 205 g/mol. The zero-order valence-electron chi connectivity index (χ0n) is 9.48. The van der Waals surface area contributed by atoms with E-state index in [1.165, 1.54) is 5.56 Å². The lowest BCUT2D eigenvalue weighted by atomic mass is 10.1. The van der Waals surface area contributed by atoms with E-state index in [0.717, 1.165) is 25.3 Å². The second-order valence-corrected chi connectivity index (χ2v) is 4.60. The Labute approximate surface area is 91.3 Å². The average Bonchev–Trinajstić information content (AvgIpc) is 2.65. The van der Waals surface area contributed by atoms with Gasteiger partial charge in [-0.1, -0.05) is 13.8 Å². The third-order valence-electron chi connectivity index (χ3n) is 2.98. The van der Waals surface area contributed by atoms with Crippen LogP contribution in [0.5, 0.6) is 0 Å². The van der Waals surface area contributed by atoms with Crippen LogP contribution >= 0.6 is 0 Å². The molecule has 0 radical (unpaired) electrons. The van der Waals surface area contributed by atoms with Gasteiger partial charge in [-0.15, -0.1) is 0 Å². The van der Waals surface area contributed by atoms with E-state index < -0.39 is 0 Å². The van der Waals surface area contributed by atoms with E-state index in [1.807, 2.05) is 6.20 Å². The van der Waals surface area contributed by atoms with Gasteiger partial charge >= 0.3 is 0 Å². The Morgan fingerprint density at radius 2 is 2.33 bits per heavy atom. The molecule has 82 valence electrons. The lowest BCUT2D eigenvalue weighted by Gasteiger charge is -2.18. The lowest BCUT2D eigenvalue weighted by Crippen LogP contribution is -2.26. The molecule has 1 aliphatic rings. The van der Waals surface area contributed by atoms with Gasteiger partial charge in [0.25, 0.3) is 0 Å². The maximum Gasteiger partial charge on any atom is 0.128 e. The summed E-state index contributed by atoms with van der Waals surface area (Å²) in [7, 11) is 0. The molecule has 0 bridgehead atoms. The molecule has 0 spiro atoms. The standard InChI is InChI=1S/C12H19N3/c1-9(2)10-3-5-14-12(7-10)15-6-4-11(13)8-15/h3,5,7,9,11H,4,6,8,13H2,1-2H3. The van der Waals surface area contributed by atoms with Gasteiger partial charge in [-0.25, -0.2) is 4.98 Å². The average molecular weight is 205 g/mol. The van der Waals surface area contributed by atoms with Gasteiger partial charge in [-0.2, -0.15) is 0 Å². The second-order valence-electron chi connectivity index (χ2n) is 4.60. The SMILES string of the molecule is CC(C)c1ccnc(N2CCC(N)C2)c1. The highest BCUT2D eigenvalue weighted by atomic mass is 15.2. The van der Waals surface area contributed by atoms with Crippen LogP contribution in [0.4, 0.5) is 5.82 Å². The molecular weight excluding hydrogens is 186 g/mol. The van der Waals surface area contributed by atoms with Crippen LogP contribution in [0.25, 0.3) is 0 Å². The van der Waals surface area contributed by atoms with Gasteiger partial charge in [0.2, 0.25) is 0 Å². The zero-order chi connectivity index (χ0) is 10.8. The lowest BCUT2D eigenvalue weighted by molar-refractivity contribution is 0.751. The summed E-state index contributed by atoms with van der Waals surface area (Å²) in [5.74, 6) is 1.64. The Hall–Kier alpha value is -1.09. The fourth-order valence-electron chi connectivity index (χ4n) is 1.96.